The van der Waals surface area contributed by atoms with Crippen LogP contribution in [-0.2, 0) is 9.84 Å². The van der Waals surface area contributed by atoms with Crippen LogP contribution in [0.25, 0.3) is 0 Å². The second-order valence-electron chi connectivity index (χ2n) is 3.79. The zero-order chi connectivity index (χ0) is 14.6. The summed E-state index contributed by atoms with van der Waals surface area (Å²) in [4.78, 5) is 14.7. The maximum absolute atomic E-state index is 12.1. The fraction of sp³-hybridized carbons (Fsp3) is 0.182. The molecule has 9 heteroatoms. The van der Waals surface area contributed by atoms with Crippen LogP contribution in [0.2, 0.25) is 0 Å². The van der Waals surface area contributed by atoms with Crippen molar-refractivity contribution in [2.75, 3.05) is 11.5 Å². The van der Waals surface area contributed by atoms with Crippen molar-refractivity contribution in [1.82, 2.24) is 15.2 Å². The van der Waals surface area contributed by atoms with Gasteiger partial charge in [-0.3, -0.25) is 5.10 Å². The standard InChI is InChI=1S/C11H11N3O4S2/c15-10(16)8-2-1-3-9(6-8)20(17,18)5-4-19-11-12-7-13-14-11/h1-3,6-7H,4-5H2,(H,15,16)(H,12,13,14). The number of carboxylic acids is 1. The third-order valence-corrected chi connectivity index (χ3v) is 5.27. The molecule has 20 heavy (non-hydrogen) atoms. The summed E-state index contributed by atoms with van der Waals surface area (Å²) in [5.74, 6) is -0.964. The second-order valence-corrected chi connectivity index (χ2v) is 6.98. The van der Waals surface area contributed by atoms with Gasteiger partial charge in [0.2, 0.25) is 0 Å². The van der Waals surface area contributed by atoms with Crippen molar-refractivity contribution in [1.29, 1.82) is 0 Å². The summed E-state index contributed by atoms with van der Waals surface area (Å²) in [5, 5.41) is 15.7. The van der Waals surface area contributed by atoms with E-state index in [4.69, 9.17) is 5.11 Å². The van der Waals surface area contributed by atoms with E-state index >= 15 is 0 Å². The highest BCUT2D eigenvalue weighted by Gasteiger charge is 2.16. The van der Waals surface area contributed by atoms with Gasteiger partial charge < -0.3 is 5.11 Å². The lowest BCUT2D eigenvalue weighted by Crippen LogP contribution is -2.10. The van der Waals surface area contributed by atoms with Crippen LogP contribution in [0.1, 0.15) is 10.4 Å². The Morgan fingerprint density at radius 2 is 2.20 bits per heavy atom. The van der Waals surface area contributed by atoms with Crippen molar-refractivity contribution in [3.63, 3.8) is 0 Å². The number of carboxylic acid groups (broad SMARTS) is 1. The Morgan fingerprint density at radius 3 is 2.85 bits per heavy atom. The molecule has 0 aliphatic heterocycles. The van der Waals surface area contributed by atoms with E-state index in [1.165, 1.54) is 36.3 Å². The number of nitrogens with zero attached hydrogens (tertiary/aromatic N) is 2. The molecule has 0 bridgehead atoms. The number of hydrogen-bond donors (Lipinski definition) is 2. The largest absolute Gasteiger partial charge is 0.478 e. The molecule has 2 aromatic rings. The predicted octanol–water partition coefficient (Wildman–Crippen LogP) is 1.07. The van der Waals surface area contributed by atoms with Crippen LogP contribution in [-0.4, -0.2) is 46.2 Å². The zero-order valence-electron chi connectivity index (χ0n) is 10.2. The van der Waals surface area contributed by atoms with Gasteiger partial charge in [-0.2, -0.15) is 5.10 Å². The van der Waals surface area contributed by atoms with E-state index in [-0.39, 0.29) is 16.2 Å². The van der Waals surface area contributed by atoms with Crippen LogP contribution in [0.3, 0.4) is 0 Å². The number of thioether (sulfide) groups is 1. The maximum atomic E-state index is 12.1. The van der Waals surface area contributed by atoms with Crippen molar-refractivity contribution in [2.24, 2.45) is 0 Å². The van der Waals surface area contributed by atoms with E-state index in [0.717, 1.165) is 6.07 Å². The number of rotatable bonds is 6. The fourth-order valence-corrected chi connectivity index (χ4v) is 3.92. The quantitative estimate of drug-likeness (QED) is 0.767. The van der Waals surface area contributed by atoms with Gasteiger partial charge in [0.25, 0.3) is 0 Å². The topological polar surface area (TPSA) is 113 Å². The molecule has 0 fully saturated rings. The number of aromatic carboxylic acids is 1. The Hall–Kier alpha value is -1.87. The van der Waals surface area contributed by atoms with Crippen molar-refractivity contribution in [2.45, 2.75) is 10.1 Å². The normalized spacial score (nSPS) is 11.4. The highest BCUT2D eigenvalue weighted by atomic mass is 32.2. The molecule has 0 aliphatic carbocycles. The summed E-state index contributed by atoms with van der Waals surface area (Å²) in [7, 11) is -3.52. The van der Waals surface area contributed by atoms with E-state index in [1.54, 1.807) is 0 Å². The molecule has 2 rings (SSSR count). The van der Waals surface area contributed by atoms with Gasteiger partial charge in [0.1, 0.15) is 6.33 Å². The first-order chi connectivity index (χ1) is 9.49. The third kappa shape index (κ3) is 3.58. The van der Waals surface area contributed by atoms with Crippen LogP contribution in [0.5, 0.6) is 0 Å². The predicted molar refractivity (Wildman–Crippen MR) is 72.6 cm³/mol. The Bertz CT molecular complexity index is 698. The van der Waals surface area contributed by atoms with E-state index in [9.17, 15) is 13.2 Å². The number of hydrogen-bond acceptors (Lipinski definition) is 6. The Morgan fingerprint density at radius 1 is 1.40 bits per heavy atom. The van der Waals surface area contributed by atoms with Gasteiger partial charge in [-0.25, -0.2) is 18.2 Å². The SMILES string of the molecule is O=C(O)c1cccc(S(=O)(=O)CCSc2ncn[nH]2)c1. The summed E-state index contributed by atoms with van der Waals surface area (Å²) in [6, 6.07) is 5.32. The number of sulfone groups is 1. The van der Waals surface area contributed by atoms with Gasteiger partial charge in [-0.15, -0.1) is 0 Å². The molecule has 0 amide bonds. The zero-order valence-corrected chi connectivity index (χ0v) is 11.8. The van der Waals surface area contributed by atoms with E-state index in [2.05, 4.69) is 15.2 Å². The van der Waals surface area contributed by atoms with E-state index < -0.39 is 15.8 Å². The van der Waals surface area contributed by atoms with Gasteiger partial charge in [-0.1, -0.05) is 17.8 Å². The van der Waals surface area contributed by atoms with E-state index in [0.29, 0.717) is 10.9 Å². The fourth-order valence-electron chi connectivity index (χ4n) is 1.45. The van der Waals surface area contributed by atoms with Crippen molar-refractivity contribution in [3.8, 4) is 0 Å². The number of H-pyrrole nitrogens is 1. The molecule has 1 aromatic heterocycles. The lowest BCUT2D eigenvalue weighted by atomic mass is 10.2. The van der Waals surface area contributed by atoms with Crippen LogP contribution in [0.4, 0.5) is 0 Å². The first-order valence-electron chi connectivity index (χ1n) is 5.53. The molecule has 0 aliphatic rings. The van der Waals surface area contributed by atoms with Gasteiger partial charge in [-0.05, 0) is 18.2 Å². The highest BCUT2D eigenvalue weighted by molar-refractivity contribution is 8.00. The van der Waals surface area contributed by atoms with Gasteiger partial charge in [0.15, 0.2) is 15.0 Å². The number of benzene rings is 1. The van der Waals surface area contributed by atoms with Crippen LogP contribution < -0.4 is 0 Å². The summed E-state index contributed by atoms with van der Waals surface area (Å²) >= 11 is 1.23. The molecular formula is C11H11N3O4S2. The highest BCUT2D eigenvalue weighted by Crippen LogP contribution is 2.17. The Balaban J connectivity index is 2.06. The van der Waals surface area contributed by atoms with E-state index in [1.807, 2.05) is 0 Å². The van der Waals surface area contributed by atoms with Crippen molar-refractivity contribution in [3.05, 3.63) is 36.2 Å². The Labute approximate surface area is 119 Å². The van der Waals surface area contributed by atoms with Crippen molar-refractivity contribution >= 4 is 27.6 Å². The first-order valence-corrected chi connectivity index (χ1v) is 8.17. The molecule has 0 atom stereocenters. The van der Waals surface area contributed by atoms with Gasteiger partial charge in [0.05, 0.1) is 16.2 Å². The molecule has 2 N–H and O–H groups in total. The molecule has 0 spiro atoms. The number of nitrogens with one attached hydrogen (secondary N) is 1. The maximum Gasteiger partial charge on any atom is 0.335 e. The van der Waals surface area contributed by atoms with Crippen molar-refractivity contribution < 1.29 is 18.3 Å². The average molecular weight is 313 g/mol. The summed E-state index contributed by atoms with van der Waals surface area (Å²) in [6.07, 6.45) is 1.34. The summed E-state index contributed by atoms with van der Waals surface area (Å²) in [6.45, 7) is 0. The minimum absolute atomic E-state index is 0.00979. The molecule has 0 unspecified atom stereocenters. The van der Waals surface area contributed by atoms with Crippen LogP contribution >= 0.6 is 11.8 Å². The molecule has 0 saturated carbocycles. The molecular weight excluding hydrogens is 302 g/mol. The lowest BCUT2D eigenvalue weighted by molar-refractivity contribution is 0.0696. The molecule has 0 saturated heterocycles. The minimum atomic E-state index is -3.52. The monoisotopic (exact) mass is 313 g/mol. The number of aromatic amines is 1. The van der Waals surface area contributed by atoms with Crippen LogP contribution in [0.15, 0.2) is 40.6 Å². The minimum Gasteiger partial charge on any atom is -0.478 e. The molecule has 1 heterocycles. The molecule has 7 nitrogen and oxygen atoms in total. The van der Waals surface area contributed by atoms with Gasteiger partial charge in [0, 0.05) is 5.75 Å². The third-order valence-electron chi connectivity index (χ3n) is 2.42. The molecule has 0 radical (unpaired) electrons. The van der Waals surface area contributed by atoms with Crippen LogP contribution in [0, 0.1) is 0 Å². The lowest BCUT2D eigenvalue weighted by Gasteiger charge is -2.04. The second kappa shape index (κ2) is 6.06. The number of carbonyl (C=O) groups is 1. The van der Waals surface area contributed by atoms with Gasteiger partial charge >= 0.3 is 5.97 Å². The first kappa shape index (κ1) is 14.5. The summed E-state index contributed by atoms with van der Waals surface area (Å²) < 4.78 is 24.2. The average Bonchev–Trinajstić information content (AvgIpc) is 2.92. The smallest absolute Gasteiger partial charge is 0.335 e. The number of aromatic nitrogens is 3. The molecule has 106 valence electrons. The Kier molecular flexibility index (Phi) is 4.40. The summed E-state index contributed by atoms with van der Waals surface area (Å²) in [5.41, 5.74) is -0.0473. The molecule has 1 aromatic carbocycles.